The van der Waals surface area contributed by atoms with E-state index in [2.05, 4.69) is 10.3 Å². The van der Waals surface area contributed by atoms with Gasteiger partial charge < -0.3 is 10.2 Å². The van der Waals surface area contributed by atoms with E-state index in [1.54, 1.807) is 39.2 Å². The van der Waals surface area contributed by atoms with Gasteiger partial charge in [0, 0.05) is 19.3 Å². The molecule has 24 heavy (non-hydrogen) atoms. The van der Waals surface area contributed by atoms with Crippen LogP contribution in [-0.2, 0) is 26.0 Å². The molecule has 0 radical (unpaired) electrons. The SMILES string of the molecule is CN(C(=O)C(C)(C)C(=O)NCc1ccccn1)C1CCS(=O)(=O)C1. The first kappa shape index (κ1) is 18.4. The highest BCUT2D eigenvalue weighted by molar-refractivity contribution is 7.91. The van der Waals surface area contributed by atoms with Gasteiger partial charge in [-0.05, 0) is 32.4 Å². The van der Waals surface area contributed by atoms with Crippen LogP contribution >= 0.6 is 0 Å². The van der Waals surface area contributed by atoms with E-state index < -0.39 is 21.2 Å². The number of rotatable bonds is 5. The van der Waals surface area contributed by atoms with Gasteiger partial charge in [-0.15, -0.1) is 0 Å². The summed E-state index contributed by atoms with van der Waals surface area (Å²) >= 11 is 0. The fourth-order valence-corrected chi connectivity index (χ4v) is 4.45. The second-order valence-electron chi connectivity index (χ2n) is 6.60. The molecule has 8 heteroatoms. The number of nitrogens with one attached hydrogen (secondary N) is 1. The number of hydrogen-bond donors (Lipinski definition) is 1. The van der Waals surface area contributed by atoms with Crippen LogP contribution in [0.1, 0.15) is 26.0 Å². The smallest absolute Gasteiger partial charge is 0.237 e. The Morgan fingerprint density at radius 3 is 2.62 bits per heavy atom. The molecule has 132 valence electrons. The van der Waals surface area contributed by atoms with Crippen LogP contribution in [0.4, 0.5) is 0 Å². The van der Waals surface area contributed by atoms with Crippen LogP contribution in [-0.4, -0.2) is 54.7 Å². The summed E-state index contributed by atoms with van der Waals surface area (Å²) in [6.45, 7) is 3.32. The minimum Gasteiger partial charge on any atom is -0.350 e. The second-order valence-corrected chi connectivity index (χ2v) is 8.83. The summed E-state index contributed by atoms with van der Waals surface area (Å²) in [6.07, 6.45) is 2.04. The quantitative estimate of drug-likeness (QED) is 0.772. The maximum absolute atomic E-state index is 12.7. The van der Waals surface area contributed by atoms with Crippen LogP contribution in [0.25, 0.3) is 0 Å². The lowest BCUT2D eigenvalue weighted by molar-refractivity contribution is -0.148. The highest BCUT2D eigenvalue weighted by Crippen LogP contribution is 2.24. The van der Waals surface area contributed by atoms with Crippen molar-refractivity contribution in [3.8, 4) is 0 Å². The molecule has 0 aromatic carbocycles. The van der Waals surface area contributed by atoms with E-state index >= 15 is 0 Å². The van der Waals surface area contributed by atoms with E-state index in [-0.39, 0.29) is 30.0 Å². The molecule has 1 aromatic heterocycles. The van der Waals surface area contributed by atoms with E-state index in [4.69, 9.17) is 0 Å². The minimum absolute atomic E-state index is 0.0408. The number of carbonyl (C=O) groups is 2. The number of carbonyl (C=O) groups excluding carboxylic acids is 2. The number of pyridine rings is 1. The Bertz CT molecular complexity index is 716. The number of aromatic nitrogens is 1. The van der Waals surface area contributed by atoms with E-state index in [9.17, 15) is 18.0 Å². The van der Waals surface area contributed by atoms with Crippen molar-refractivity contribution in [3.05, 3.63) is 30.1 Å². The Morgan fingerprint density at radius 1 is 1.38 bits per heavy atom. The summed E-state index contributed by atoms with van der Waals surface area (Å²) in [5.41, 5.74) is -0.583. The lowest BCUT2D eigenvalue weighted by Crippen LogP contribution is -2.51. The summed E-state index contributed by atoms with van der Waals surface area (Å²) in [7, 11) is -1.53. The molecule has 2 amide bonds. The molecule has 1 atom stereocenters. The summed E-state index contributed by atoms with van der Waals surface area (Å²) in [5.74, 6) is -0.753. The standard InChI is InChI=1S/C16H23N3O4S/c1-16(2,14(20)18-10-12-6-4-5-8-17-12)15(21)19(3)13-7-9-24(22,23)11-13/h4-6,8,13H,7,9-11H2,1-3H3,(H,18,20). The molecular formula is C16H23N3O4S. The molecule has 2 heterocycles. The second kappa shape index (κ2) is 6.88. The fraction of sp³-hybridized carbons (Fsp3) is 0.562. The molecule has 0 aliphatic carbocycles. The van der Waals surface area contributed by atoms with Crippen LogP contribution in [0.5, 0.6) is 0 Å². The molecule has 1 aliphatic rings. The summed E-state index contributed by atoms with van der Waals surface area (Å²) in [5, 5.41) is 2.71. The molecule has 0 saturated carbocycles. The van der Waals surface area contributed by atoms with Crippen molar-refractivity contribution < 1.29 is 18.0 Å². The lowest BCUT2D eigenvalue weighted by atomic mass is 9.89. The third kappa shape index (κ3) is 4.11. The third-order valence-corrected chi connectivity index (χ3v) is 6.09. The first-order valence-electron chi connectivity index (χ1n) is 7.79. The zero-order valence-corrected chi connectivity index (χ0v) is 15.0. The number of amides is 2. The Labute approximate surface area is 142 Å². The molecule has 1 N–H and O–H groups in total. The largest absolute Gasteiger partial charge is 0.350 e. The van der Waals surface area contributed by atoms with Gasteiger partial charge in [-0.3, -0.25) is 14.6 Å². The molecule has 1 aliphatic heterocycles. The van der Waals surface area contributed by atoms with E-state index in [0.29, 0.717) is 12.1 Å². The van der Waals surface area contributed by atoms with Crippen LogP contribution in [0, 0.1) is 5.41 Å². The molecule has 1 unspecified atom stereocenters. The van der Waals surface area contributed by atoms with Crippen molar-refractivity contribution in [2.24, 2.45) is 5.41 Å². The Kier molecular flexibility index (Phi) is 5.27. The maximum Gasteiger partial charge on any atom is 0.237 e. The van der Waals surface area contributed by atoms with Crippen LogP contribution in [0.3, 0.4) is 0 Å². The van der Waals surface area contributed by atoms with E-state index in [0.717, 1.165) is 0 Å². The Balaban J connectivity index is 1.99. The van der Waals surface area contributed by atoms with E-state index in [1.165, 1.54) is 4.90 Å². The van der Waals surface area contributed by atoms with Gasteiger partial charge >= 0.3 is 0 Å². The Hall–Kier alpha value is -1.96. The van der Waals surface area contributed by atoms with Crippen LogP contribution < -0.4 is 5.32 Å². The first-order chi connectivity index (χ1) is 11.1. The topological polar surface area (TPSA) is 96.4 Å². The van der Waals surface area contributed by atoms with Crippen molar-refractivity contribution in [1.82, 2.24) is 15.2 Å². The van der Waals surface area contributed by atoms with E-state index in [1.807, 2.05) is 6.07 Å². The average molecular weight is 353 g/mol. The third-order valence-electron chi connectivity index (χ3n) is 4.33. The van der Waals surface area contributed by atoms with Crippen LogP contribution in [0.15, 0.2) is 24.4 Å². The molecule has 1 aromatic rings. The Morgan fingerprint density at radius 2 is 2.08 bits per heavy atom. The summed E-state index contributed by atoms with van der Waals surface area (Å²) in [6, 6.07) is 5.01. The predicted molar refractivity (Wildman–Crippen MR) is 89.7 cm³/mol. The number of hydrogen-bond acceptors (Lipinski definition) is 5. The molecule has 0 bridgehead atoms. The highest BCUT2D eigenvalue weighted by atomic mass is 32.2. The molecule has 1 saturated heterocycles. The van der Waals surface area contributed by atoms with Crippen molar-refractivity contribution in [2.45, 2.75) is 32.9 Å². The van der Waals surface area contributed by atoms with Gasteiger partial charge in [-0.2, -0.15) is 0 Å². The predicted octanol–water partition coefficient (Wildman–Crippen LogP) is 0.369. The number of nitrogens with zero attached hydrogens (tertiary/aromatic N) is 2. The van der Waals surface area contributed by atoms with Crippen molar-refractivity contribution in [2.75, 3.05) is 18.6 Å². The summed E-state index contributed by atoms with van der Waals surface area (Å²) < 4.78 is 23.2. The lowest BCUT2D eigenvalue weighted by Gasteiger charge is -2.31. The van der Waals surface area contributed by atoms with Gasteiger partial charge in [-0.1, -0.05) is 6.07 Å². The van der Waals surface area contributed by atoms with Gasteiger partial charge in [0.1, 0.15) is 5.41 Å². The van der Waals surface area contributed by atoms with Crippen molar-refractivity contribution in [3.63, 3.8) is 0 Å². The normalized spacial score (nSPS) is 19.7. The molecule has 7 nitrogen and oxygen atoms in total. The first-order valence-corrected chi connectivity index (χ1v) is 9.61. The molecule has 2 rings (SSSR count). The van der Waals surface area contributed by atoms with Crippen molar-refractivity contribution >= 4 is 21.7 Å². The molecule has 0 spiro atoms. The fourth-order valence-electron chi connectivity index (χ4n) is 2.68. The minimum atomic E-state index is -3.09. The van der Waals surface area contributed by atoms with Gasteiger partial charge in [0.2, 0.25) is 11.8 Å². The maximum atomic E-state index is 12.7. The zero-order valence-electron chi connectivity index (χ0n) is 14.2. The van der Waals surface area contributed by atoms with Gasteiger partial charge in [0.25, 0.3) is 0 Å². The highest BCUT2D eigenvalue weighted by Gasteiger charge is 2.42. The van der Waals surface area contributed by atoms with Gasteiger partial charge in [0.15, 0.2) is 9.84 Å². The van der Waals surface area contributed by atoms with Gasteiger partial charge in [-0.25, -0.2) is 8.42 Å². The zero-order chi connectivity index (χ0) is 18.0. The van der Waals surface area contributed by atoms with Crippen LogP contribution in [0.2, 0.25) is 0 Å². The molecular weight excluding hydrogens is 330 g/mol. The average Bonchev–Trinajstić information content (AvgIpc) is 2.92. The molecule has 1 fully saturated rings. The monoisotopic (exact) mass is 353 g/mol. The van der Waals surface area contributed by atoms with Crippen molar-refractivity contribution in [1.29, 1.82) is 0 Å². The summed E-state index contributed by atoms with van der Waals surface area (Å²) in [4.78, 5) is 30.6. The van der Waals surface area contributed by atoms with Gasteiger partial charge in [0.05, 0.1) is 23.7 Å². The number of sulfone groups is 1.